The van der Waals surface area contributed by atoms with E-state index in [0.29, 0.717) is 6.07 Å². The number of nitrogens with one attached hydrogen (secondary N) is 1. The third-order valence-corrected chi connectivity index (χ3v) is 1.97. The van der Waals surface area contributed by atoms with Gasteiger partial charge in [-0.05, 0) is 18.2 Å². The summed E-state index contributed by atoms with van der Waals surface area (Å²) in [5, 5.41) is 2.02. The lowest BCUT2D eigenvalue weighted by Crippen LogP contribution is -2.11. The molecule has 0 aliphatic heterocycles. The smallest absolute Gasteiger partial charge is 0.416 e. The molecule has 0 heterocycles. The Labute approximate surface area is 94.4 Å². The van der Waals surface area contributed by atoms with E-state index in [2.05, 4.69) is 4.74 Å². The predicted octanol–water partition coefficient (Wildman–Crippen LogP) is 2.06. The second kappa shape index (κ2) is 4.86. The van der Waals surface area contributed by atoms with Crippen LogP contribution in [0.15, 0.2) is 18.2 Å². The molecule has 7 heteroatoms. The van der Waals surface area contributed by atoms with Crippen molar-refractivity contribution in [2.24, 2.45) is 0 Å². The number of ether oxygens (including phenoxy) is 1. The predicted molar refractivity (Wildman–Crippen MR) is 52.5 cm³/mol. The first-order chi connectivity index (χ1) is 7.90. The van der Waals surface area contributed by atoms with Crippen molar-refractivity contribution in [2.75, 3.05) is 12.4 Å². The van der Waals surface area contributed by atoms with Crippen LogP contribution in [0.2, 0.25) is 0 Å². The van der Waals surface area contributed by atoms with Crippen LogP contribution in [0, 0.1) is 0 Å². The van der Waals surface area contributed by atoms with Gasteiger partial charge in [0.1, 0.15) is 0 Å². The molecule has 0 fully saturated rings. The highest BCUT2D eigenvalue weighted by molar-refractivity contribution is 5.97. The molecular weight excluding hydrogens is 239 g/mol. The van der Waals surface area contributed by atoms with Gasteiger partial charge in [-0.3, -0.25) is 4.79 Å². The molecule has 0 radical (unpaired) electrons. The second-order valence-electron chi connectivity index (χ2n) is 3.01. The number of benzene rings is 1. The number of methoxy groups -OCH3 is 1. The summed E-state index contributed by atoms with van der Waals surface area (Å²) in [5.41, 5.74) is -1.36. The maximum atomic E-state index is 12.4. The number of hydrogen-bond donors (Lipinski definition) is 1. The van der Waals surface area contributed by atoms with Crippen LogP contribution in [0.5, 0.6) is 0 Å². The van der Waals surface area contributed by atoms with E-state index in [1.165, 1.54) is 0 Å². The van der Waals surface area contributed by atoms with E-state index >= 15 is 0 Å². The molecule has 0 aromatic heterocycles. The maximum absolute atomic E-state index is 12.4. The first-order valence-electron chi connectivity index (χ1n) is 4.40. The van der Waals surface area contributed by atoms with E-state index in [1.807, 2.05) is 5.32 Å². The summed E-state index contributed by atoms with van der Waals surface area (Å²) in [4.78, 5) is 21.5. The highest BCUT2D eigenvalue weighted by atomic mass is 19.4. The van der Waals surface area contributed by atoms with Crippen molar-refractivity contribution in [3.63, 3.8) is 0 Å². The Kier molecular flexibility index (Phi) is 3.72. The Morgan fingerprint density at radius 1 is 1.41 bits per heavy atom. The number of hydrogen-bond acceptors (Lipinski definition) is 3. The SMILES string of the molecule is COC(=O)c1ccc(C(F)(F)F)cc1NC=O. The van der Waals surface area contributed by atoms with E-state index in [-0.39, 0.29) is 17.7 Å². The molecule has 4 nitrogen and oxygen atoms in total. The van der Waals surface area contributed by atoms with Crippen LogP contribution in [0.1, 0.15) is 15.9 Å². The average molecular weight is 247 g/mol. The van der Waals surface area contributed by atoms with Crippen molar-refractivity contribution in [1.29, 1.82) is 0 Å². The molecule has 0 atom stereocenters. The topological polar surface area (TPSA) is 55.4 Å². The Morgan fingerprint density at radius 2 is 2.06 bits per heavy atom. The largest absolute Gasteiger partial charge is 0.465 e. The van der Waals surface area contributed by atoms with Gasteiger partial charge in [0.15, 0.2) is 0 Å². The minimum absolute atomic E-state index is 0.146. The van der Waals surface area contributed by atoms with Crippen LogP contribution in [0.25, 0.3) is 0 Å². The van der Waals surface area contributed by atoms with Gasteiger partial charge in [0.25, 0.3) is 0 Å². The van der Waals surface area contributed by atoms with Crippen LogP contribution in [-0.2, 0) is 15.7 Å². The highest BCUT2D eigenvalue weighted by Gasteiger charge is 2.31. The minimum atomic E-state index is -4.55. The van der Waals surface area contributed by atoms with E-state index in [0.717, 1.165) is 19.2 Å². The fourth-order valence-corrected chi connectivity index (χ4v) is 1.19. The van der Waals surface area contributed by atoms with Gasteiger partial charge in [-0.1, -0.05) is 0 Å². The highest BCUT2D eigenvalue weighted by Crippen LogP contribution is 2.32. The number of esters is 1. The second-order valence-corrected chi connectivity index (χ2v) is 3.01. The Balaban J connectivity index is 3.26. The number of alkyl halides is 3. The lowest BCUT2D eigenvalue weighted by atomic mass is 10.1. The molecule has 1 aromatic carbocycles. The molecule has 0 saturated carbocycles. The first kappa shape index (κ1) is 13.0. The number of rotatable bonds is 3. The number of halogens is 3. The van der Waals surface area contributed by atoms with Crippen LogP contribution in [0.3, 0.4) is 0 Å². The minimum Gasteiger partial charge on any atom is -0.465 e. The molecule has 0 saturated heterocycles. The molecule has 0 aliphatic rings. The van der Waals surface area contributed by atoms with Crippen molar-refractivity contribution in [3.8, 4) is 0 Å². The zero-order valence-electron chi connectivity index (χ0n) is 8.67. The number of amides is 1. The standard InChI is InChI=1S/C10H8F3NO3/c1-17-9(16)7-3-2-6(10(11,12)13)4-8(7)14-5-15/h2-5H,1H3,(H,14,15). The molecule has 1 amide bonds. The Bertz CT molecular complexity index is 443. The molecular formula is C10H8F3NO3. The van der Waals surface area contributed by atoms with E-state index < -0.39 is 17.7 Å². The zero-order chi connectivity index (χ0) is 13.1. The summed E-state index contributed by atoms with van der Waals surface area (Å²) in [6.45, 7) is 0. The van der Waals surface area contributed by atoms with Crippen LogP contribution in [-0.4, -0.2) is 19.5 Å². The number of carbonyl (C=O) groups is 2. The fraction of sp³-hybridized carbons (Fsp3) is 0.200. The summed E-state index contributed by atoms with van der Waals surface area (Å²) in [5.74, 6) is -0.830. The Morgan fingerprint density at radius 3 is 2.53 bits per heavy atom. The van der Waals surface area contributed by atoms with Gasteiger partial charge in [0.05, 0.1) is 23.9 Å². The van der Waals surface area contributed by atoms with E-state index in [9.17, 15) is 22.8 Å². The van der Waals surface area contributed by atoms with Gasteiger partial charge in [0.2, 0.25) is 6.41 Å². The summed E-state index contributed by atoms with van der Waals surface area (Å²) in [7, 11) is 1.09. The van der Waals surface area contributed by atoms with Crippen LogP contribution in [0.4, 0.5) is 18.9 Å². The lowest BCUT2D eigenvalue weighted by Gasteiger charge is -2.11. The molecule has 1 aromatic rings. The monoisotopic (exact) mass is 247 g/mol. The van der Waals surface area contributed by atoms with Crippen LogP contribution < -0.4 is 5.32 Å². The van der Waals surface area contributed by atoms with Gasteiger partial charge >= 0.3 is 12.1 Å². The van der Waals surface area contributed by atoms with Crippen LogP contribution >= 0.6 is 0 Å². The van der Waals surface area contributed by atoms with Gasteiger partial charge in [-0.2, -0.15) is 13.2 Å². The maximum Gasteiger partial charge on any atom is 0.416 e. The van der Waals surface area contributed by atoms with Crippen molar-refractivity contribution < 1.29 is 27.5 Å². The van der Waals surface area contributed by atoms with Crippen molar-refractivity contribution in [1.82, 2.24) is 0 Å². The van der Waals surface area contributed by atoms with E-state index in [4.69, 9.17) is 0 Å². The van der Waals surface area contributed by atoms with Gasteiger partial charge in [-0.25, -0.2) is 4.79 Å². The lowest BCUT2D eigenvalue weighted by molar-refractivity contribution is -0.137. The van der Waals surface area contributed by atoms with Gasteiger partial charge in [-0.15, -0.1) is 0 Å². The zero-order valence-corrected chi connectivity index (χ0v) is 8.67. The summed E-state index contributed by atoms with van der Waals surface area (Å²) in [6.07, 6.45) is -4.37. The molecule has 17 heavy (non-hydrogen) atoms. The summed E-state index contributed by atoms with van der Waals surface area (Å²) < 4.78 is 41.5. The first-order valence-corrected chi connectivity index (χ1v) is 4.40. The average Bonchev–Trinajstić information content (AvgIpc) is 2.27. The Hall–Kier alpha value is -2.05. The number of anilines is 1. The van der Waals surface area contributed by atoms with Crippen molar-refractivity contribution in [3.05, 3.63) is 29.3 Å². The number of carbonyl (C=O) groups excluding carboxylic acids is 2. The molecule has 1 rings (SSSR count). The molecule has 1 N–H and O–H groups in total. The summed E-state index contributed by atoms with van der Waals surface area (Å²) >= 11 is 0. The van der Waals surface area contributed by atoms with Crippen molar-refractivity contribution in [2.45, 2.75) is 6.18 Å². The molecule has 92 valence electrons. The molecule has 0 spiro atoms. The normalized spacial score (nSPS) is 10.8. The van der Waals surface area contributed by atoms with Crippen molar-refractivity contribution >= 4 is 18.1 Å². The quantitative estimate of drug-likeness (QED) is 0.657. The molecule has 0 aliphatic carbocycles. The molecule has 0 bridgehead atoms. The van der Waals surface area contributed by atoms with Gasteiger partial charge < -0.3 is 10.1 Å². The third kappa shape index (κ3) is 2.96. The molecule has 0 unspecified atom stereocenters. The summed E-state index contributed by atoms with van der Waals surface area (Å²) in [6, 6.07) is 2.35. The third-order valence-electron chi connectivity index (χ3n) is 1.97. The van der Waals surface area contributed by atoms with Gasteiger partial charge in [0, 0.05) is 0 Å². The fourth-order valence-electron chi connectivity index (χ4n) is 1.19. The van der Waals surface area contributed by atoms with E-state index in [1.54, 1.807) is 0 Å².